The summed E-state index contributed by atoms with van der Waals surface area (Å²) in [6.45, 7) is 1.03. The quantitative estimate of drug-likeness (QED) is 0.858. The van der Waals surface area contributed by atoms with Crippen LogP contribution in [0.4, 0.5) is 0 Å². The van der Waals surface area contributed by atoms with Crippen molar-refractivity contribution in [3.8, 4) is 0 Å². The van der Waals surface area contributed by atoms with Crippen LogP contribution in [0.3, 0.4) is 0 Å². The average molecular weight is 357 g/mol. The molecular formula is C20H23NO5. The molecular weight excluding hydrogens is 334 g/mol. The first-order chi connectivity index (χ1) is 12.6. The van der Waals surface area contributed by atoms with Crippen LogP contribution in [0.25, 0.3) is 11.0 Å². The van der Waals surface area contributed by atoms with Crippen LogP contribution in [0.15, 0.2) is 22.8 Å². The summed E-state index contributed by atoms with van der Waals surface area (Å²) in [4.78, 5) is 24.1. The van der Waals surface area contributed by atoms with Crippen molar-refractivity contribution in [2.45, 2.75) is 44.6 Å². The zero-order valence-electron chi connectivity index (χ0n) is 14.6. The maximum atomic E-state index is 12.5. The Hall–Kier alpha value is -2.34. The predicted octanol–water partition coefficient (Wildman–Crippen LogP) is 2.46. The summed E-state index contributed by atoms with van der Waals surface area (Å²) in [5, 5.41) is 13.1. The Kier molecular flexibility index (Phi) is 4.68. The maximum Gasteiger partial charge on any atom is 0.326 e. The molecule has 1 aromatic carbocycles. The summed E-state index contributed by atoms with van der Waals surface area (Å²) in [5.74, 6) is -1.50. The van der Waals surface area contributed by atoms with E-state index in [9.17, 15) is 14.7 Å². The third-order valence-corrected chi connectivity index (χ3v) is 5.47. The molecule has 1 amide bonds. The van der Waals surface area contributed by atoms with E-state index in [-0.39, 0.29) is 18.2 Å². The van der Waals surface area contributed by atoms with Gasteiger partial charge in [-0.3, -0.25) is 4.79 Å². The van der Waals surface area contributed by atoms with Crippen molar-refractivity contribution in [1.82, 2.24) is 5.32 Å². The van der Waals surface area contributed by atoms with E-state index in [4.69, 9.17) is 9.15 Å². The number of fused-ring (bicyclic) bond motifs is 2. The van der Waals surface area contributed by atoms with Gasteiger partial charge in [-0.2, -0.15) is 0 Å². The van der Waals surface area contributed by atoms with Crippen LogP contribution in [0.5, 0.6) is 0 Å². The fourth-order valence-corrected chi connectivity index (χ4v) is 4.09. The summed E-state index contributed by atoms with van der Waals surface area (Å²) < 4.78 is 11.0. The zero-order valence-corrected chi connectivity index (χ0v) is 14.6. The Morgan fingerprint density at radius 1 is 1.23 bits per heavy atom. The van der Waals surface area contributed by atoms with E-state index in [1.54, 1.807) is 6.26 Å². The molecule has 0 bridgehead atoms. The number of hydrogen-bond donors (Lipinski definition) is 2. The van der Waals surface area contributed by atoms with Crippen molar-refractivity contribution in [2.75, 3.05) is 13.2 Å². The average Bonchev–Trinajstić information content (AvgIpc) is 3.25. The number of hydrogen-bond acceptors (Lipinski definition) is 4. The van der Waals surface area contributed by atoms with Crippen molar-refractivity contribution in [3.63, 3.8) is 0 Å². The number of carbonyl (C=O) groups is 2. The zero-order chi connectivity index (χ0) is 18.1. The molecule has 2 unspecified atom stereocenters. The fraction of sp³-hybridized carbons (Fsp3) is 0.500. The molecule has 1 fully saturated rings. The Labute approximate surface area is 151 Å². The number of carbonyl (C=O) groups excluding carboxylic acids is 1. The summed E-state index contributed by atoms with van der Waals surface area (Å²) in [7, 11) is 0. The molecule has 6 nitrogen and oxygen atoms in total. The van der Waals surface area contributed by atoms with E-state index in [1.807, 2.05) is 0 Å². The SMILES string of the molecule is O=C(Cc1coc2cc3c(cc12)CCC3)NC(C(=O)O)C1CCCOC1. The third-order valence-electron chi connectivity index (χ3n) is 5.47. The number of benzene rings is 1. The highest BCUT2D eigenvalue weighted by Gasteiger charge is 2.31. The van der Waals surface area contributed by atoms with Crippen LogP contribution < -0.4 is 5.32 Å². The van der Waals surface area contributed by atoms with Crippen molar-refractivity contribution < 1.29 is 23.8 Å². The van der Waals surface area contributed by atoms with Crippen molar-refractivity contribution in [1.29, 1.82) is 0 Å². The highest BCUT2D eigenvalue weighted by molar-refractivity contribution is 5.90. The van der Waals surface area contributed by atoms with Crippen LogP contribution in [-0.4, -0.2) is 36.2 Å². The molecule has 4 rings (SSSR count). The highest BCUT2D eigenvalue weighted by Crippen LogP contribution is 2.30. The number of furan rings is 1. The second-order valence-corrected chi connectivity index (χ2v) is 7.27. The molecule has 1 aromatic heterocycles. The fourth-order valence-electron chi connectivity index (χ4n) is 4.09. The summed E-state index contributed by atoms with van der Waals surface area (Å²) in [5.41, 5.74) is 4.24. The number of carboxylic acid groups (broad SMARTS) is 1. The monoisotopic (exact) mass is 357 g/mol. The minimum atomic E-state index is -1.01. The molecule has 6 heteroatoms. The summed E-state index contributed by atoms with van der Waals surface area (Å²) in [6, 6.07) is 3.27. The number of aryl methyl sites for hydroxylation is 2. The molecule has 0 spiro atoms. The number of rotatable bonds is 5. The first-order valence-electron chi connectivity index (χ1n) is 9.23. The molecule has 138 valence electrons. The van der Waals surface area contributed by atoms with Gasteiger partial charge in [-0.15, -0.1) is 0 Å². The first-order valence-corrected chi connectivity index (χ1v) is 9.23. The molecule has 2 heterocycles. The van der Waals surface area contributed by atoms with E-state index in [1.165, 1.54) is 11.1 Å². The summed E-state index contributed by atoms with van der Waals surface area (Å²) in [6.07, 6.45) is 6.58. The first kappa shape index (κ1) is 17.1. The second kappa shape index (κ2) is 7.11. The lowest BCUT2D eigenvalue weighted by Gasteiger charge is -2.28. The Bertz CT molecular complexity index is 834. The minimum Gasteiger partial charge on any atom is -0.480 e. The van der Waals surface area contributed by atoms with Crippen LogP contribution in [0.1, 0.15) is 36.0 Å². The topological polar surface area (TPSA) is 88.8 Å². The van der Waals surface area contributed by atoms with Gasteiger partial charge in [0, 0.05) is 23.5 Å². The molecule has 1 aliphatic heterocycles. The molecule has 1 saturated heterocycles. The predicted molar refractivity (Wildman–Crippen MR) is 95.1 cm³/mol. The minimum absolute atomic E-state index is 0.114. The Balaban J connectivity index is 1.48. The van der Waals surface area contributed by atoms with E-state index >= 15 is 0 Å². The standard InChI is InChI=1S/C20H23NO5/c22-18(21-19(20(23)24)14-5-2-6-25-10-14)9-15-11-26-17-8-13-4-1-3-12(13)7-16(15)17/h7-8,11,14,19H,1-6,9-10H2,(H,21,22)(H,23,24). The van der Waals surface area contributed by atoms with E-state index in [2.05, 4.69) is 17.4 Å². The lowest BCUT2D eigenvalue weighted by molar-refractivity contribution is -0.145. The molecule has 26 heavy (non-hydrogen) atoms. The molecule has 2 N–H and O–H groups in total. The van der Waals surface area contributed by atoms with Gasteiger partial charge in [0.1, 0.15) is 11.6 Å². The molecule has 2 aliphatic rings. The molecule has 0 saturated carbocycles. The lowest BCUT2D eigenvalue weighted by atomic mass is 9.93. The van der Waals surface area contributed by atoms with Gasteiger partial charge in [-0.05, 0) is 55.4 Å². The van der Waals surface area contributed by atoms with Gasteiger partial charge < -0.3 is 19.6 Å². The Morgan fingerprint density at radius 2 is 2.04 bits per heavy atom. The van der Waals surface area contributed by atoms with Crippen LogP contribution in [-0.2, 0) is 33.6 Å². The maximum absolute atomic E-state index is 12.5. The van der Waals surface area contributed by atoms with Gasteiger partial charge in [0.15, 0.2) is 0 Å². The normalized spacial score (nSPS) is 20.7. The smallest absolute Gasteiger partial charge is 0.326 e. The number of ether oxygens (including phenoxy) is 1. The van der Waals surface area contributed by atoms with E-state index < -0.39 is 12.0 Å². The van der Waals surface area contributed by atoms with Gasteiger partial charge >= 0.3 is 5.97 Å². The van der Waals surface area contributed by atoms with Gasteiger partial charge in [0.25, 0.3) is 0 Å². The number of amides is 1. The largest absolute Gasteiger partial charge is 0.480 e. The lowest BCUT2D eigenvalue weighted by Crippen LogP contribution is -2.48. The van der Waals surface area contributed by atoms with Crippen molar-refractivity contribution >= 4 is 22.8 Å². The number of carboxylic acids is 1. The van der Waals surface area contributed by atoms with Crippen LogP contribution in [0.2, 0.25) is 0 Å². The summed E-state index contributed by atoms with van der Waals surface area (Å²) >= 11 is 0. The molecule has 2 aromatic rings. The molecule has 1 aliphatic carbocycles. The van der Waals surface area contributed by atoms with Crippen molar-refractivity contribution in [3.05, 3.63) is 35.1 Å². The van der Waals surface area contributed by atoms with E-state index in [0.717, 1.165) is 48.6 Å². The Morgan fingerprint density at radius 3 is 2.77 bits per heavy atom. The van der Waals surface area contributed by atoms with Crippen LogP contribution in [0, 0.1) is 5.92 Å². The molecule has 0 radical (unpaired) electrons. The van der Waals surface area contributed by atoms with Gasteiger partial charge in [-0.25, -0.2) is 4.79 Å². The van der Waals surface area contributed by atoms with Gasteiger partial charge in [0.05, 0.1) is 19.3 Å². The number of nitrogens with one attached hydrogen (secondary N) is 1. The van der Waals surface area contributed by atoms with Gasteiger partial charge in [0.2, 0.25) is 5.91 Å². The number of aliphatic carboxylic acids is 1. The second-order valence-electron chi connectivity index (χ2n) is 7.27. The highest BCUT2D eigenvalue weighted by atomic mass is 16.5. The van der Waals surface area contributed by atoms with Gasteiger partial charge in [-0.1, -0.05) is 0 Å². The third kappa shape index (κ3) is 3.33. The molecule has 2 atom stereocenters. The van der Waals surface area contributed by atoms with Crippen molar-refractivity contribution in [2.24, 2.45) is 5.92 Å². The van der Waals surface area contributed by atoms with Crippen LogP contribution >= 0.6 is 0 Å². The van der Waals surface area contributed by atoms with E-state index in [0.29, 0.717) is 13.2 Å².